The van der Waals surface area contributed by atoms with Gasteiger partial charge in [0.1, 0.15) is 11.6 Å². The predicted molar refractivity (Wildman–Crippen MR) is 105 cm³/mol. The summed E-state index contributed by atoms with van der Waals surface area (Å²) in [5, 5.41) is 8.32. The van der Waals surface area contributed by atoms with Crippen molar-refractivity contribution in [1.82, 2.24) is 15.1 Å². The van der Waals surface area contributed by atoms with E-state index in [1.165, 1.54) is 23.9 Å². The van der Waals surface area contributed by atoms with Crippen molar-refractivity contribution >= 4 is 17.7 Å². The minimum atomic E-state index is -0.303. The van der Waals surface area contributed by atoms with Gasteiger partial charge in [-0.25, -0.2) is 4.39 Å². The normalized spacial score (nSPS) is 11.9. The summed E-state index contributed by atoms with van der Waals surface area (Å²) in [7, 11) is 3.28. The Hall–Kier alpha value is -2.87. The van der Waals surface area contributed by atoms with Crippen LogP contribution in [0, 0.1) is 5.82 Å². The summed E-state index contributed by atoms with van der Waals surface area (Å²) >= 11 is 1.17. The van der Waals surface area contributed by atoms with E-state index in [1.807, 2.05) is 31.2 Å². The molecule has 6 nitrogen and oxygen atoms in total. The zero-order valence-electron chi connectivity index (χ0n) is 15.8. The van der Waals surface area contributed by atoms with Gasteiger partial charge in [0.25, 0.3) is 11.1 Å². The lowest BCUT2D eigenvalue weighted by atomic mass is 10.1. The first-order valence-corrected chi connectivity index (χ1v) is 9.59. The fraction of sp³-hybridized carbons (Fsp3) is 0.250. The number of hydrogen-bond acceptors (Lipinski definition) is 6. The van der Waals surface area contributed by atoms with Crippen LogP contribution in [0.25, 0.3) is 11.5 Å². The minimum Gasteiger partial charge on any atom is -0.496 e. The first kappa shape index (κ1) is 19.9. The van der Waals surface area contributed by atoms with E-state index in [2.05, 4.69) is 10.2 Å². The lowest BCUT2D eigenvalue weighted by molar-refractivity contribution is -0.128. The molecule has 1 heterocycles. The van der Waals surface area contributed by atoms with Crippen molar-refractivity contribution in [2.75, 3.05) is 19.9 Å². The maximum atomic E-state index is 13.1. The molecule has 3 aromatic rings. The molecule has 0 aliphatic rings. The van der Waals surface area contributed by atoms with Crippen LogP contribution in [0.3, 0.4) is 0 Å². The third-order valence-electron chi connectivity index (χ3n) is 4.39. The van der Waals surface area contributed by atoms with Crippen LogP contribution >= 0.6 is 11.8 Å². The Morgan fingerprint density at radius 1 is 1.21 bits per heavy atom. The molecule has 28 heavy (non-hydrogen) atoms. The Bertz CT molecular complexity index is 946. The van der Waals surface area contributed by atoms with E-state index in [1.54, 1.807) is 31.2 Å². The third-order valence-corrected chi connectivity index (χ3v) is 5.19. The number of methoxy groups -OCH3 is 1. The van der Waals surface area contributed by atoms with Crippen LogP contribution in [0.1, 0.15) is 18.5 Å². The average molecular weight is 401 g/mol. The van der Waals surface area contributed by atoms with Crippen molar-refractivity contribution in [2.45, 2.75) is 18.2 Å². The van der Waals surface area contributed by atoms with Gasteiger partial charge in [0.05, 0.1) is 24.5 Å². The predicted octanol–water partition coefficient (Wildman–Crippen LogP) is 4.20. The van der Waals surface area contributed by atoms with Crippen LogP contribution in [0.2, 0.25) is 0 Å². The largest absolute Gasteiger partial charge is 0.496 e. The Morgan fingerprint density at radius 2 is 1.93 bits per heavy atom. The Morgan fingerprint density at radius 3 is 2.64 bits per heavy atom. The summed E-state index contributed by atoms with van der Waals surface area (Å²) in [6.07, 6.45) is 0. The molecule has 1 aromatic heterocycles. The van der Waals surface area contributed by atoms with E-state index in [0.717, 1.165) is 5.56 Å². The second-order valence-corrected chi connectivity index (χ2v) is 7.02. The molecule has 2 aromatic carbocycles. The Balaban J connectivity index is 1.62. The lowest BCUT2D eigenvalue weighted by Crippen LogP contribution is -2.31. The molecule has 0 spiro atoms. The van der Waals surface area contributed by atoms with Gasteiger partial charge in [-0.15, -0.1) is 10.2 Å². The molecule has 1 amide bonds. The van der Waals surface area contributed by atoms with Crippen molar-refractivity contribution in [3.63, 3.8) is 0 Å². The summed E-state index contributed by atoms with van der Waals surface area (Å²) in [6.45, 7) is 1.89. The molecule has 8 heteroatoms. The second-order valence-electron chi connectivity index (χ2n) is 6.09. The molecule has 0 bridgehead atoms. The number of carbonyl (C=O) groups is 1. The van der Waals surface area contributed by atoms with Crippen LogP contribution in [-0.4, -0.2) is 40.9 Å². The second kappa shape index (κ2) is 8.88. The highest BCUT2D eigenvalue weighted by atomic mass is 32.2. The molecule has 0 saturated heterocycles. The SMILES string of the molecule is COc1ccccc1-c1nnc(SCC(=O)N(C)C(C)c2ccc(F)cc2)o1. The van der Waals surface area contributed by atoms with E-state index in [4.69, 9.17) is 9.15 Å². The van der Waals surface area contributed by atoms with Crippen LogP contribution in [0.5, 0.6) is 5.75 Å². The average Bonchev–Trinajstić information content (AvgIpc) is 3.20. The zero-order chi connectivity index (χ0) is 20.1. The number of benzene rings is 2. The number of halogens is 1. The van der Waals surface area contributed by atoms with Crippen molar-refractivity contribution in [2.24, 2.45) is 0 Å². The topological polar surface area (TPSA) is 68.5 Å². The first-order valence-electron chi connectivity index (χ1n) is 8.60. The quantitative estimate of drug-likeness (QED) is 0.553. The standard InChI is InChI=1S/C20H20FN3O3S/c1-13(14-8-10-15(21)11-9-14)24(2)18(25)12-28-20-23-22-19(27-20)16-6-4-5-7-17(16)26-3/h4-11,13H,12H2,1-3H3. The highest BCUT2D eigenvalue weighted by Crippen LogP contribution is 2.30. The number of aromatic nitrogens is 2. The molecule has 0 fully saturated rings. The highest BCUT2D eigenvalue weighted by Gasteiger charge is 2.19. The summed E-state index contributed by atoms with van der Waals surface area (Å²) < 4.78 is 24.0. The number of ether oxygens (including phenoxy) is 1. The van der Waals surface area contributed by atoms with Crippen molar-refractivity contribution in [3.8, 4) is 17.2 Å². The number of nitrogens with zero attached hydrogens (tertiary/aromatic N) is 3. The molecule has 3 rings (SSSR count). The number of amides is 1. The van der Waals surface area contributed by atoms with E-state index >= 15 is 0 Å². The first-order chi connectivity index (χ1) is 13.5. The van der Waals surface area contributed by atoms with E-state index in [9.17, 15) is 9.18 Å². The van der Waals surface area contributed by atoms with E-state index < -0.39 is 0 Å². The van der Waals surface area contributed by atoms with Gasteiger partial charge in [-0.3, -0.25) is 4.79 Å². The van der Waals surface area contributed by atoms with E-state index in [0.29, 0.717) is 22.4 Å². The molecular weight excluding hydrogens is 381 g/mol. The molecule has 1 unspecified atom stereocenters. The summed E-state index contributed by atoms with van der Waals surface area (Å²) in [5.41, 5.74) is 1.55. The van der Waals surface area contributed by atoms with E-state index in [-0.39, 0.29) is 23.5 Å². The number of carbonyl (C=O) groups excluding carboxylic acids is 1. The van der Waals surface area contributed by atoms with Crippen molar-refractivity contribution < 1.29 is 18.3 Å². The van der Waals surface area contributed by atoms with Crippen molar-refractivity contribution in [1.29, 1.82) is 0 Å². The van der Waals surface area contributed by atoms with Crippen LogP contribution in [-0.2, 0) is 4.79 Å². The van der Waals surface area contributed by atoms with Gasteiger partial charge in [-0.05, 0) is 36.8 Å². The number of rotatable bonds is 7. The smallest absolute Gasteiger partial charge is 0.277 e. The van der Waals surface area contributed by atoms with Gasteiger partial charge in [-0.2, -0.15) is 0 Å². The fourth-order valence-electron chi connectivity index (χ4n) is 2.60. The molecular formula is C20H20FN3O3S. The summed E-state index contributed by atoms with van der Waals surface area (Å²) in [4.78, 5) is 14.1. The van der Waals surface area contributed by atoms with Crippen molar-refractivity contribution in [3.05, 3.63) is 59.9 Å². The maximum absolute atomic E-state index is 13.1. The summed E-state index contributed by atoms with van der Waals surface area (Å²) in [5.74, 6) is 0.712. The number of para-hydroxylation sites is 1. The highest BCUT2D eigenvalue weighted by molar-refractivity contribution is 7.99. The van der Waals surface area contributed by atoms with Crippen LogP contribution in [0.4, 0.5) is 4.39 Å². The molecule has 0 aliphatic heterocycles. The summed E-state index contributed by atoms with van der Waals surface area (Å²) in [6, 6.07) is 13.3. The molecule has 146 valence electrons. The van der Waals surface area contributed by atoms with Gasteiger partial charge < -0.3 is 14.1 Å². The van der Waals surface area contributed by atoms with Gasteiger partial charge in [-0.1, -0.05) is 36.0 Å². The van der Waals surface area contributed by atoms with Gasteiger partial charge in [0.15, 0.2) is 0 Å². The minimum absolute atomic E-state index is 0.0983. The fourth-order valence-corrected chi connectivity index (χ4v) is 3.29. The Kier molecular flexibility index (Phi) is 6.30. The molecule has 0 N–H and O–H groups in total. The molecule has 0 saturated carbocycles. The lowest BCUT2D eigenvalue weighted by Gasteiger charge is -2.25. The Labute approximate surface area is 166 Å². The van der Waals surface area contributed by atoms with Gasteiger partial charge >= 0.3 is 0 Å². The molecule has 1 atom stereocenters. The third kappa shape index (κ3) is 4.51. The monoisotopic (exact) mass is 401 g/mol. The maximum Gasteiger partial charge on any atom is 0.277 e. The van der Waals surface area contributed by atoms with Gasteiger partial charge in [0, 0.05) is 7.05 Å². The van der Waals surface area contributed by atoms with Crippen LogP contribution in [0.15, 0.2) is 58.2 Å². The zero-order valence-corrected chi connectivity index (χ0v) is 16.6. The molecule has 0 radical (unpaired) electrons. The van der Waals surface area contributed by atoms with Gasteiger partial charge in [0.2, 0.25) is 5.91 Å². The van der Waals surface area contributed by atoms with Crippen LogP contribution < -0.4 is 4.74 Å². The molecule has 0 aliphatic carbocycles. The number of hydrogen-bond donors (Lipinski definition) is 0. The number of thioether (sulfide) groups is 1.